The van der Waals surface area contributed by atoms with Crippen LogP contribution in [-0.2, 0) is 0 Å². The summed E-state index contributed by atoms with van der Waals surface area (Å²) in [5.74, 6) is 1.92. The predicted molar refractivity (Wildman–Crippen MR) is 135 cm³/mol. The van der Waals surface area contributed by atoms with Crippen LogP contribution in [0.1, 0.15) is 16.5 Å². The van der Waals surface area contributed by atoms with Crippen LogP contribution in [-0.4, -0.2) is 57.9 Å². The van der Waals surface area contributed by atoms with Crippen molar-refractivity contribution >= 4 is 22.0 Å². The Morgan fingerprint density at radius 3 is 2.54 bits per heavy atom. The number of aromatic nitrogens is 3. The van der Waals surface area contributed by atoms with Gasteiger partial charge < -0.3 is 19.2 Å². The summed E-state index contributed by atoms with van der Waals surface area (Å²) < 4.78 is 12.4. The van der Waals surface area contributed by atoms with Crippen molar-refractivity contribution in [2.45, 2.75) is 6.04 Å². The van der Waals surface area contributed by atoms with Crippen LogP contribution in [0, 0.1) is 0 Å². The topological polar surface area (TPSA) is 79.3 Å². The molecule has 0 bridgehead atoms. The quantitative estimate of drug-likeness (QED) is 0.373. The number of thiazole rings is 1. The van der Waals surface area contributed by atoms with Crippen molar-refractivity contribution in [3.05, 3.63) is 83.4 Å². The molecule has 1 fully saturated rings. The minimum atomic E-state index is -0.149. The summed E-state index contributed by atoms with van der Waals surface area (Å²) >= 11 is 1.45. The van der Waals surface area contributed by atoms with E-state index in [-0.39, 0.29) is 11.9 Å². The van der Waals surface area contributed by atoms with Gasteiger partial charge in [-0.05, 0) is 42.0 Å². The lowest BCUT2D eigenvalue weighted by Gasteiger charge is -2.40. The molecule has 3 aromatic heterocycles. The summed E-state index contributed by atoms with van der Waals surface area (Å²) in [6.07, 6.45) is 1.59. The van der Waals surface area contributed by atoms with Gasteiger partial charge in [-0.1, -0.05) is 41.7 Å². The summed E-state index contributed by atoms with van der Waals surface area (Å²) in [5, 5.41) is 15.8. The third-order valence-electron chi connectivity index (χ3n) is 6.40. The molecule has 8 nitrogen and oxygen atoms in total. The van der Waals surface area contributed by atoms with Gasteiger partial charge in [0.05, 0.1) is 24.3 Å². The number of benzene rings is 2. The second-order valence-electron chi connectivity index (χ2n) is 8.43. The number of nitrogens with zero attached hydrogens (tertiary/aromatic N) is 5. The van der Waals surface area contributed by atoms with E-state index in [9.17, 15) is 5.11 Å². The second-order valence-corrected chi connectivity index (χ2v) is 9.44. The van der Waals surface area contributed by atoms with E-state index in [2.05, 4.69) is 50.2 Å². The maximum atomic E-state index is 11.3. The van der Waals surface area contributed by atoms with E-state index >= 15 is 0 Å². The molecule has 0 aliphatic carbocycles. The highest BCUT2D eigenvalue weighted by molar-refractivity contribution is 7.17. The van der Waals surface area contributed by atoms with Crippen LogP contribution >= 0.6 is 11.3 Å². The van der Waals surface area contributed by atoms with Gasteiger partial charge in [-0.25, -0.2) is 0 Å². The van der Waals surface area contributed by atoms with Crippen LogP contribution in [0.15, 0.2) is 77.4 Å². The predicted octanol–water partition coefficient (Wildman–Crippen LogP) is 4.68. The van der Waals surface area contributed by atoms with Gasteiger partial charge in [0.1, 0.15) is 5.75 Å². The molecule has 1 atom stereocenters. The third kappa shape index (κ3) is 4.02. The molecule has 0 unspecified atom stereocenters. The fourth-order valence-electron chi connectivity index (χ4n) is 4.66. The number of fused-ring (bicyclic) bond motifs is 1. The van der Waals surface area contributed by atoms with Crippen LogP contribution in [0.5, 0.6) is 11.6 Å². The van der Waals surface area contributed by atoms with E-state index in [0.717, 1.165) is 42.4 Å². The number of furan rings is 1. The average molecular weight is 488 g/mol. The highest BCUT2D eigenvalue weighted by atomic mass is 32.1. The molecular formula is C26H25N5O3S. The van der Waals surface area contributed by atoms with Crippen molar-refractivity contribution in [1.29, 1.82) is 0 Å². The van der Waals surface area contributed by atoms with Gasteiger partial charge in [-0.2, -0.15) is 9.50 Å². The number of hydrogen-bond donors (Lipinski definition) is 1. The lowest BCUT2D eigenvalue weighted by molar-refractivity contribution is 0.211. The van der Waals surface area contributed by atoms with Crippen LogP contribution < -0.4 is 9.64 Å². The molecular weight excluding hydrogens is 462 g/mol. The molecule has 1 aliphatic rings. The molecule has 0 spiro atoms. The molecule has 4 heterocycles. The Balaban J connectivity index is 1.36. The van der Waals surface area contributed by atoms with Crippen molar-refractivity contribution in [1.82, 2.24) is 19.5 Å². The first-order valence-corrected chi connectivity index (χ1v) is 12.3. The zero-order chi connectivity index (χ0) is 23.8. The van der Waals surface area contributed by atoms with E-state index in [4.69, 9.17) is 9.15 Å². The van der Waals surface area contributed by atoms with Gasteiger partial charge in [0.25, 0.3) is 0 Å². The molecule has 1 aliphatic heterocycles. The molecule has 178 valence electrons. The maximum Gasteiger partial charge on any atom is 0.230 e. The Labute approximate surface area is 206 Å². The SMILES string of the molecule is COc1cccc([C@@H](c2sc3nc(-c4ccco4)nn3c2O)N2CCN(c3ccccc3)CC2)c1. The summed E-state index contributed by atoms with van der Waals surface area (Å²) in [4.78, 5) is 10.9. The zero-order valence-electron chi connectivity index (χ0n) is 19.2. The first kappa shape index (κ1) is 21.7. The Morgan fingerprint density at radius 1 is 1.00 bits per heavy atom. The number of rotatable bonds is 6. The Kier molecular flexibility index (Phi) is 5.63. The van der Waals surface area contributed by atoms with Crippen molar-refractivity contribution in [2.75, 3.05) is 38.2 Å². The van der Waals surface area contributed by atoms with Crippen LogP contribution in [0.2, 0.25) is 0 Å². The molecule has 1 N–H and O–H groups in total. The molecule has 0 saturated carbocycles. The van der Waals surface area contributed by atoms with Gasteiger partial charge in [0, 0.05) is 31.9 Å². The minimum absolute atomic E-state index is 0.105. The summed E-state index contributed by atoms with van der Waals surface area (Å²) in [6.45, 7) is 3.49. The molecule has 0 amide bonds. The van der Waals surface area contributed by atoms with E-state index in [1.165, 1.54) is 21.5 Å². The van der Waals surface area contributed by atoms with Crippen LogP contribution in [0.25, 0.3) is 16.5 Å². The fraction of sp³-hybridized carbons (Fsp3) is 0.231. The molecule has 1 saturated heterocycles. The normalized spacial score (nSPS) is 15.5. The van der Waals surface area contributed by atoms with Crippen molar-refractivity contribution in [2.24, 2.45) is 0 Å². The van der Waals surface area contributed by atoms with Crippen LogP contribution in [0.4, 0.5) is 5.69 Å². The van der Waals surface area contributed by atoms with Gasteiger partial charge in [0.2, 0.25) is 16.7 Å². The second kappa shape index (κ2) is 9.09. The van der Waals surface area contributed by atoms with Crippen molar-refractivity contribution in [3.63, 3.8) is 0 Å². The Morgan fingerprint density at radius 2 is 1.83 bits per heavy atom. The standard InChI is InChI=1S/C26H25N5O3S/c1-33-20-10-5-7-18(17-20)22(30-14-12-29(13-15-30)19-8-3-2-4-9-19)23-25(32)31-26(35-23)27-24(28-31)21-11-6-16-34-21/h2-11,16-17,22,32H,12-15H2,1H3/t22-/m0/s1. The molecule has 5 aromatic rings. The highest BCUT2D eigenvalue weighted by Crippen LogP contribution is 2.41. The fourth-order valence-corrected chi connectivity index (χ4v) is 5.77. The summed E-state index contributed by atoms with van der Waals surface area (Å²) in [5.41, 5.74) is 2.29. The number of piperazine rings is 1. The monoisotopic (exact) mass is 487 g/mol. The number of methoxy groups -OCH3 is 1. The highest BCUT2D eigenvalue weighted by Gasteiger charge is 2.32. The first-order chi connectivity index (χ1) is 17.2. The summed E-state index contributed by atoms with van der Waals surface area (Å²) in [6, 6.07) is 22.0. The average Bonchev–Trinajstić information content (AvgIpc) is 3.64. The van der Waals surface area contributed by atoms with Gasteiger partial charge >= 0.3 is 0 Å². The molecule has 9 heteroatoms. The van der Waals surface area contributed by atoms with Gasteiger partial charge in [0.15, 0.2) is 5.76 Å². The van der Waals surface area contributed by atoms with E-state index < -0.39 is 0 Å². The Hall–Kier alpha value is -3.82. The smallest absolute Gasteiger partial charge is 0.230 e. The van der Waals surface area contributed by atoms with Gasteiger partial charge in [-0.3, -0.25) is 4.90 Å². The van der Waals surface area contributed by atoms with Gasteiger partial charge in [-0.15, -0.1) is 5.10 Å². The number of hydrogen-bond acceptors (Lipinski definition) is 8. The van der Waals surface area contributed by atoms with E-state index in [0.29, 0.717) is 16.5 Å². The zero-order valence-corrected chi connectivity index (χ0v) is 20.1. The molecule has 35 heavy (non-hydrogen) atoms. The third-order valence-corrected chi connectivity index (χ3v) is 7.47. The van der Waals surface area contributed by atoms with E-state index in [1.54, 1.807) is 19.4 Å². The minimum Gasteiger partial charge on any atom is -0.497 e. The number of para-hydroxylation sites is 1. The summed E-state index contributed by atoms with van der Waals surface area (Å²) in [7, 11) is 1.67. The first-order valence-electron chi connectivity index (χ1n) is 11.5. The Bertz CT molecular complexity index is 1420. The number of ether oxygens (including phenoxy) is 1. The van der Waals surface area contributed by atoms with Crippen LogP contribution in [0.3, 0.4) is 0 Å². The van der Waals surface area contributed by atoms with Crippen molar-refractivity contribution < 1.29 is 14.3 Å². The van der Waals surface area contributed by atoms with E-state index in [1.807, 2.05) is 30.3 Å². The molecule has 0 radical (unpaired) electrons. The number of anilines is 1. The lowest BCUT2D eigenvalue weighted by Crippen LogP contribution is -2.47. The molecule has 6 rings (SSSR count). The van der Waals surface area contributed by atoms with Crippen molar-refractivity contribution in [3.8, 4) is 23.2 Å². The lowest BCUT2D eigenvalue weighted by atomic mass is 10.0. The maximum absolute atomic E-state index is 11.3. The number of aromatic hydroxyl groups is 1. The molecule has 2 aromatic carbocycles. The largest absolute Gasteiger partial charge is 0.497 e.